The van der Waals surface area contributed by atoms with Gasteiger partial charge in [-0.2, -0.15) is 15.8 Å². The van der Waals surface area contributed by atoms with Gasteiger partial charge in [-0.1, -0.05) is 26.1 Å². The van der Waals surface area contributed by atoms with E-state index >= 15 is 0 Å². The first-order chi connectivity index (χ1) is 2.81. The quantitative estimate of drug-likeness (QED) is 0.526. The van der Waals surface area contributed by atoms with Crippen LogP contribution in [-0.2, 0) is 0 Å². The molecule has 0 heterocycles. The number of hydrogen-bond donors (Lipinski definition) is 0. The molecule has 0 saturated heterocycles. The van der Waals surface area contributed by atoms with E-state index < -0.39 is 0 Å². The Morgan fingerprint density at radius 2 is 2.33 bits per heavy atom. The molecule has 0 aromatic heterocycles. The highest BCUT2D eigenvalue weighted by Crippen LogP contribution is 2.07. The van der Waals surface area contributed by atoms with Crippen LogP contribution in [0, 0.1) is 0 Å². The standard InChI is InChI=1S/C4H9BBr/c1-3-4(2)5-6/h4H,3H2,1-2H3. The summed E-state index contributed by atoms with van der Waals surface area (Å²) in [7, 11) is 0. The summed E-state index contributed by atoms with van der Waals surface area (Å²) in [6, 6.07) is 0. The van der Waals surface area contributed by atoms with Crippen LogP contribution in [0.1, 0.15) is 20.3 Å². The van der Waals surface area contributed by atoms with Gasteiger partial charge in [0.05, 0.1) is 0 Å². The van der Waals surface area contributed by atoms with Gasteiger partial charge in [-0.15, -0.1) is 0 Å². The minimum atomic E-state index is 0.727. The highest BCUT2D eigenvalue weighted by atomic mass is 79.9. The van der Waals surface area contributed by atoms with Gasteiger partial charge >= 0.3 is 0 Å². The zero-order valence-electron chi connectivity index (χ0n) is 4.24. The van der Waals surface area contributed by atoms with Crippen LogP contribution in [0.15, 0.2) is 0 Å². The second kappa shape index (κ2) is 3.73. The van der Waals surface area contributed by atoms with Crippen LogP contribution in [0.4, 0.5) is 0 Å². The summed E-state index contributed by atoms with van der Waals surface area (Å²) < 4.78 is 0. The van der Waals surface area contributed by atoms with Crippen molar-refractivity contribution in [3.63, 3.8) is 0 Å². The summed E-state index contributed by atoms with van der Waals surface area (Å²) >= 11 is 3.25. The number of rotatable bonds is 2. The van der Waals surface area contributed by atoms with E-state index in [1.165, 1.54) is 6.42 Å². The molecule has 0 aromatic carbocycles. The molecule has 0 spiro atoms. The summed E-state index contributed by atoms with van der Waals surface area (Å²) in [6.45, 7) is 4.34. The van der Waals surface area contributed by atoms with Crippen molar-refractivity contribution in [2.24, 2.45) is 0 Å². The van der Waals surface area contributed by atoms with Gasteiger partial charge < -0.3 is 0 Å². The lowest BCUT2D eigenvalue weighted by Gasteiger charge is -1.95. The SMILES string of the molecule is CCC(C)[B]Br. The molecule has 1 atom stereocenters. The fraction of sp³-hybridized carbons (Fsp3) is 1.00. The molecule has 0 nitrogen and oxygen atoms in total. The van der Waals surface area contributed by atoms with Crippen molar-refractivity contribution in [2.45, 2.75) is 26.1 Å². The molecule has 0 aromatic rings. The van der Waals surface area contributed by atoms with Gasteiger partial charge in [0.2, 0.25) is 6.10 Å². The Morgan fingerprint density at radius 1 is 1.83 bits per heavy atom. The Labute approximate surface area is 48.5 Å². The number of halogens is 1. The highest BCUT2D eigenvalue weighted by Gasteiger charge is 1.93. The molecule has 2 heteroatoms. The summed E-state index contributed by atoms with van der Waals surface area (Å²) in [5, 5.41) is 0. The lowest BCUT2D eigenvalue weighted by atomic mass is 9.87. The first-order valence-electron chi connectivity index (χ1n) is 2.24. The molecule has 0 aliphatic heterocycles. The van der Waals surface area contributed by atoms with Crippen LogP contribution in [0.25, 0.3) is 0 Å². The largest absolute Gasteiger partial charge is 0.208 e. The zero-order valence-corrected chi connectivity index (χ0v) is 5.83. The van der Waals surface area contributed by atoms with Gasteiger partial charge in [-0.05, 0) is 0 Å². The molecule has 0 amide bonds. The monoisotopic (exact) mass is 147 g/mol. The molecule has 35 valence electrons. The second-order valence-electron chi connectivity index (χ2n) is 1.51. The normalized spacial score (nSPS) is 13.8. The first kappa shape index (κ1) is 6.54. The van der Waals surface area contributed by atoms with Crippen LogP contribution < -0.4 is 0 Å². The van der Waals surface area contributed by atoms with Crippen LogP contribution >= 0.6 is 15.8 Å². The summed E-state index contributed by atoms with van der Waals surface area (Å²) in [4.78, 5) is 0. The Morgan fingerprint density at radius 3 is 2.33 bits per heavy atom. The van der Waals surface area contributed by atoms with Crippen molar-refractivity contribution in [1.82, 2.24) is 0 Å². The third kappa shape index (κ3) is 2.76. The molecule has 0 saturated carbocycles. The van der Waals surface area contributed by atoms with Crippen molar-refractivity contribution >= 4 is 21.9 Å². The van der Waals surface area contributed by atoms with E-state index in [9.17, 15) is 0 Å². The maximum Gasteiger partial charge on any atom is 0.208 e. The van der Waals surface area contributed by atoms with Gasteiger partial charge in [-0.3, -0.25) is 0 Å². The van der Waals surface area contributed by atoms with Crippen molar-refractivity contribution < 1.29 is 0 Å². The van der Waals surface area contributed by atoms with E-state index in [0.717, 1.165) is 5.82 Å². The lowest BCUT2D eigenvalue weighted by Crippen LogP contribution is -1.86. The third-order valence-electron chi connectivity index (χ3n) is 0.859. The van der Waals surface area contributed by atoms with Crippen LogP contribution in [-0.4, -0.2) is 6.10 Å². The van der Waals surface area contributed by atoms with E-state index in [-0.39, 0.29) is 0 Å². The minimum Gasteiger partial charge on any atom is -0.165 e. The van der Waals surface area contributed by atoms with E-state index in [1.54, 1.807) is 0 Å². The predicted molar refractivity (Wildman–Crippen MR) is 34.4 cm³/mol. The minimum absolute atomic E-state index is 0.727. The molecule has 0 N–H and O–H groups in total. The van der Waals surface area contributed by atoms with Gasteiger partial charge in [-0.25, -0.2) is 0 Å². The fourth-order valence-electron chi connectivity index (χ4n) is 0.0891. The van der Waals surface area contributed by atoms with Crippen molar-refractivity contribution in [2.75, 3.05) is 0 Å². The molecule has 1 radical (unpaired) electrons. The van der Waals surface area contributed by atoms with Gasteiger partial charge in [0.25, 0.3) is 0 Å². The first-order valence-corrected chi connectivity index (χ1v) is 3.16. The summed E-state index contributed by atoms with van der Waals surface area (Å²) in [5.74, 6) is 0.727. The summed E-state index contributed by atoms with van der Waals surface area (Å²) in [6.07, 6.45) is 3.26. The molecular weight excluding hydrogens is 139 g/mol. The molecule has 0 aliphatic rings. The predicted octanol–water partition coefficient (Wildman–Crippen LogP) is 2.22. The molecule has 1 unspecified atom stereocenters. The highest BCUT2D eigenvalue weighted by molar-refractivity contribution is 9.23. The Bertz CT molecular complexity index is 26.7. The van der Waals surface area contributed by atoms with E-state index in [0.29, 0.717) is 0 Å². The number of hydrogen-bond acceptors (Lipinski definition) is 0. The van der Waals surface area contributed by atoms with E-state index in [1.807, 2.05) is 6.10 Å². The average molecular weight is 148 g/mol. The van der Waals surface area contributed by atoms with Gasteiger partial charge in [0, 0.05) is 0 Å². The van der Waals surface area contributed by atoms with Crippen molar-refractivity contribution in [3.8, 4) is 0 Å². The Kier molecular flexibility index (Phi) is 4.06. The van der Waals surface area contributed by atoms with Crippen LogP contribution in [0.5, 0.6) is 0 Å². The molecule has 0 bridgehead atoms. The van der Waals surface area contributed by atoms with Gasteiger partial charge in [0.1, 0.15) is 0 Å². The Balaban J connectivity index is 2.75. The molecule has 0 aliphatic carbocycles. The molecule has 0 fully saturated rings. The van der Waals surface area contributed by atoms with Gasteiger partial charge in [0.15, 0.2) is 0 Å². The molecular formula is C4H9BBr. The Hall–Kier alpha value is 0.545. The van der Waals surface area contributed by atoms with Crippen molar-refractivity contribution in [1.29, 1.82) is 0 Å². The smallest absolute Gasteiger partial charge is 0.165 e. The van der Waals surface area contributed by atoms with Crippen LogP contribution in [0.3, 0.4) is 0 Å². The van der Waals surface area contributed by atoms with Crippen LogP contribution in [0.2, 0.25) is 5.82 Å². The molecule has 6 heavy (non-hydrogen) atoms. The van der Waals surface area contributed by atoms with E-state index in [2.05, 4.69) is 29.6 Å². The zero-order chi connectivity index (χ0) is 4.99. The second-order valence-corrected chi connectivity index (χ2v) is 2.04. The molecule has 0 rings (SSSR count). The maximum absolute atomic E-state index is 3.25. The summed E-state index contributed by atoms with van der Waals surface area (Å²) in [5.41, 5.74) is 0. The van der Waals surface area contributed by atoms with Crippen molar-refractivity contribution in [3.05, 3.63) is 0 Å². The topological polar surface area (TPSA) is 0 Å². The van der Waals surface area contributed by atoms with E-state index in [4.69, 9.17) is 0 Å². The third-order valence-corrected chi connectivity index (χ3v) is 1.76. The average Bonchev–Trinajstić information content (AvgIpc) is 1.65. The fourth-order valence-corrected chi connectivity index (χ4v) is 0.463. The lowest BCUT2D eigenvalue weighted by molar-refractivity contribution is 0.878. The maximum atomic E-state index is 3.25.